The number of hydrogen-bond acceptors (Lipinski definition) is 8. The molecule has 1 aliphatic rings. The molecule has 3 rings (SSSR count). The largest absolute Gasteiger partial charge is 0.457 e. The number of aryl methyl sites for hydroxylation is 1. The summed E-state index contributed by atoms with van der Waals surface area (Å²) in [6.45, 7) is 4.63. The molecular weight excluding hydrogens is 416 g/mol. The second kappa shape index (κ2) is 8.03. The predicted molar refractivity (Wildman–Crippen MR) is 107 cm³/mol. The molecule has 0 bridgehead atoms. The first-order valence-electron chi connectivity index (χ1n) is 8.71. The SMILES string of the molecule is Cc1cc(Cl)ccc1Oc1cc(NC=C2C(=O)OC(C)(C)OC2=O)cc([N+](=O)[O-])c1. The number of benzene rings is 2. The lowest BCUT2D eigenvalue weighted by Gasteiger charge is -2.29. The number of cyclic esters (lactones) is 2. The molecular formula is C20H17ClN2O7. The van der Waals surface area contributed by atoms with Crippen molar-refractivity contribution in [2.45, 2.75) is 26.6 Å². The van der Waals surface area contributed by atoms with Crippen LogP contribution in [0.1, 0.15) is 19.4 Å². The first kappa shape index (κ1) is 21.1. The van der Waals surface area contributed by atoms with Gasteiger partial charge in [-0.25, -0.2) is 9.59 Å². The zero-order valence-electron chi connectivity index (χ0n) is 16.2. The molecule has 0 aliphatic carbocycles. The van der Waals surface area contributed by atoms with Crippen LogP contribution in [0.25, 0.3) is 0 Å². The fraction of sp³-hybridized carbons (Fsp3) is 0.200. The maximum Gasteiger partial charge on any atom is 0.350 e. The highest BCUT2D eigenvalue weighted by molar-refractivity contribution is 6.30. The van der Waals surface area contributed by atoms with Crippen molar-refractivity contribution < 1.29 is 28.7 Å². The number of nitrogens with one attached hydrogen (secondary N) is 1. The number of halogens is 1. The van der Waals surface area contributed by atoms with Gasteiger partial charge in [-0.05, 0) is 30.7 Å². The van der Waals surface area contributed by atoms with Crippen molar-refractivity contribution in [1.82, 2.24) is 0 Å². The van der Waals surface area contributed by atoms with Crippen LogP contribution in [0.15, 0.2) is 48.2 Å². The molecule has 0 radical (unpaired) electrons. The van der Waals surface area contributed by atoms with Crippen molar-refractivity contribution >= 4 is 34.9 Å². The lowest BCUT2D eigenvalue weighted by atomic mass is 10.2. The summed E-state index contributed by atoms with van der Waals surface area (Å²) in [5.74, 6) is -2.48. The molecule has 0 unspecified atom stereocenters. The third-order valence-corrected chi connectivity index (χ3v) is 4.20. The molecule has 1 fully saturated rings. The quantitative estimate of drug-likeness (QED) is 0.241. The van der Waals surface area contributed by atoms with Crippen molar-refractivity contribution in [2.24, 2.45) is 0 Å². The Morgan fingerprint density at radius 1 is 1.13 bits per heavy atom. The molecule has 0 atom stereocenters. The van der Waals surface area contributed by atoms with E-state index < -0.39 is 22.6 Å². The van der Waals surface area contributed by atoms with Crippen LogP contribution in [0, 0.1) is 17.0 Å². The van der Waals surface area contributed by atoms with Gasteiger partial charge in [0.25, 0.3) is 11.5 Å². The Hall–Kier alpha value is -3.59. The predicted octanol–water partition coefficient (Wildman–Crippen LogP) is 4.48. The van der Waals surface area contributed by atoms with Gasteiger partial charge in [0, 0.05) is 42.9 Å². The molecule has 9 nitrogen and oxygen atoms in total. The number of rotatable bonds is 5. The molecule has 2 aromatic carbocycles. The average molecular weight is 433 g/mol. The van der Waals surface area contributed by atoms with E-state index in [0.29, 0.717) is 10.8 Å². The van der Waals surface area contributed by atoms with Crippen LogP contribution in [0.4, 0.5) is 11.4 Å². The number of anilines is 1. The highest BCUT2D eigenvalue weighted by atomic mass is 35.5. The molecule has 0 spiro atoms. The summed E-state index contributed by atoms with van der Waals surface area (Å²) in [5, 5.41) is 14.5. The third-order valence-electron chi connectivity index (χ3n) is 3.97. The Labute approximate surface area is 176 Å². The Balaban J connectivity index is 1.89. The molecule has 0 amide bonds. The molecule has 0 saturated carbocycles. The summed E-state index contributed by atoms with van der Waals surface area (Å²) in [7, 11) is 0. The van der Waals surface area contributed by atoms with Crippen molar-refractivity contribution in [3.63, 3.8) is 0 Å². The van der Waals surface area contributed by atoms with Crippen molar-refractivity contribution in [3.05, 3.63) is 68.9 Å². The summed E-state index contributed by atoms with van der Waals surface area (Å²) in [6, 6.07) is 8.91. The number of ether oxygens (including phenoxy) is 3. The van der Waals surface area contributed by atoms with Crippen LogP contribution in [0.3, 0.4) is 0 Å². The van der Waals surface area contributed by atoms with Gasteiger partial charge in [0.2, 0.25) is 0 Å². The number of hydrogen-bond donors (Lipinski definition) is 1. The van der Waals surface area contributed by atoms with Gasteiger partial charge >= 0.3 is 11.9 Å². The van der Waals surface area contributed by atoms with Gasteiger partial charge in [0.05, 0.1) is 11.0 Å². The van der Waals surface area contributed by atoms with Gasteiger partial charge < -0.3 is 19.5 Å². The van der Waals surface area contributed by atoms with E-state index in [-0.39, 0.29) is 22.7 Å². The number of nitro groups is 1. The first-order valence-corrected chi connectivity index (χ1v) is 9.09. The molecule has 1 saturated heterocycles. The Morgan fingerprint density at radius 3 is 2.40 bits per heavy atom. The second-order valence-corrected chi connectivity index (χ2v) is 7.30. The van der Waals surface area contributed by atoms with Gasteiger partial charge in [-0.15, -0.1) is 0 Å². The Kier molecular flexibility index (Phi) is 5.66. The topological polar surface area (TPSA) is 117 Å². The molecule has 10 heteroatoms. The number of non-ortho nitro benzene ring substituents is 1. The minimum atomic E-state index is -1.37. The van der Waals surface area contributed by atoms with E-state index in [4.69, 9.17) is 25.8 Å². The lowest BCUT2D eigenvalue weighted by molar-refractivity contribution is -0.384. The summed E-state index contributed by atoms with van der Waals surface area (Å²) < 4.78 is 15.7. The van der Waals surface area contributed by atoms with Crippen LogP contribution in [-0.2, 0) is 19.1 Å². The van der Waals surface area contributed by atoms with Crippen molar-refractivity contribution in [3.8, 4) is 11.5 Å². The Bertz CT molecular complexity index is 1060. The van der Waals surface area contributed by atoms with Gasteiger partial charge in [0.1, 0.15) is 11.5 Å². The zero-order valence-corrected chi connectivity index (χ0v) is 17.0. The monoisotopic (exact) mass is 432 g/mol. The summed E-state index contributed by atoms with van der Waals surface area (Å²) in [6.07, 6.45) is 1.07. The summed E-state index contributed by atoms with van der Waals surface area (Å²) in [5.41, 5.74) is 0.316. The summed E-state index contributed by atoms with van der Waals surface area (Å²) in [4.78, 5) is 34.7. The molecule has 1 aliphatic heterocycles. The minimum Gasteiger partial charge on any atom is -0.457 e. The number of nitro benzene ring substituents is 1. The van der Waals surface area contributed by atoms with Crippen LogP contribution in [-0.4, -0.2) is 22.6 Å². The molecule has 1 heterocycles. The highest BCUT2D eigenvalue weighted by Gasteiger charge is 2.39. The molecule has 0 aromatic heterocycles. The fourth-order valence-electron chi connectivity index (χ4n) is 2.62. The fourth-order valence-corrected chi connectivity index (χ4v) is 2.85. The van der Waals surface area contributed by atoms with Gasteiger partial charge in [0.15, 0.2) is 5.57 Å². The molecule has 156 valence electrons. The smallest absolute Gasteiger partial charge is 0.350 e. The number of carbonyl (C=O) groups is 2. The zero-order chi connectivity index (χ0) is 22.1. The van der Waals surface area contributed by atoms with Gasteiger partial charge in [-0.3, -0.25) is 10.1 Å². The van der Waals surface area contributed by atoms with Crippen LogP contribution in [0.5, 0.6) is 11.5 Å². The highest BCUT2D eigenvalue weighted by Crippen LogP contribution is 2.32. The minimum absolute atomic E-state index is 0.172. The first-order chi connectivity index (χ1) is 14.0. The van der Waals surface area contributed by atoms with Gasteiger partial charge in [-0.1, -0.05) is 11.6 Å². The summed E-state index contributed by atoms with van der Waals surface area (Å²) >= 11 is 5.93. The van der Waals surface area contributed by atoms with Crippen molar-refractivity contribution in [2.75, 3.05) is 5.32 Å². The molecule has 1 N–H and O–H groups in total. The van der Waals surface area contributed by atoms with E-state index in [2.05, 4.69) is 5.32 Å². The van der Waals surface area contributed by atoms with Crippen molar-refractivity contribution in [1.29, 1.82) is 0 Å². The van der Waals surface area contributed by atoms with E-state index in [1.807, 2.05) is 0 Å². The van der Waals surface area contributed by atoms with Gasteiger partial charge in [-0.2, -0.15) is 0 Å². The maximum atomic E-state index is 12.0. The van der Waals surface area contributed by atoms with E-state index >= 15 is 0 Å². The lowest BCUT2D eigenvalue weighted by Crippen LogP contribution is -2.42. The van der Waals surface area contributed by atoms with E-state index in [9.17, 15) is 19.7 Å². The number of esters is 2. The second-order valence-electron chi connectivity index (χ2n) is 6.87. The normalized spacial score (nSPS) is 15.1. The van der Waals surface area contributed by atoms with Crippen LogP contribution < -0.4 is 10.1 Å². The number of nitrogens with zero attached hydrogens (tertiary/aromatic N) is 1. The maximum absolute atomic E-state index is 12.0. The van der Waals surface area contributed by atoms with Crippen LogP contribution >= 0.6 is 11.6 Å². The standard InChI is InChI=1S/C20H17ClN2O7/c1-11-6-12(21)4-5-17(11)28-15-8-13(7-14(9-15)23(26)27)22-10-16-18(24)29-20(2,3)30-19(16)25/h4-10,22H,1-3H3. The molecule has 2 aromatic rings. The number of carbonyl (C=O) groups excluding carboxylic acids is 2. The average Bonchev–Trinajstić information content (AvgIpc) is 2.62. The Morgan fingerprint density at radius 2 is 1.80 bits per heavy atom. The van der Waals surface area contributed by atoms with Crippen LogP contribution in [0.2, 0.25) is 5.02 Å². The van der Waals surface area contributed by atoms with E-state index in [1.54, 1.807) is 25.1 Å². The third kappa shape index (κ3) is 4.87. The van der Waals surface area contributed by atoms with E-state index in [0.717, 1.165) is 11.8 Å². The van der Waals surface area contributed by atoms with E-state index in [1.165, 1.54) is 32.0 Å². The molecule has 30 heavy (non-hydrogen) atoms.